The summed E-state index contributed by atoms with van der Waals surface area (Å²) in [5.41, 5.74) is 0. The topological polar surface area (TPSA) is 27.7 Å². The molecule has 58 heavy (non-hydrogen) atoms. The summed E-state index contributed by atoms with van der Waals surface area (Å²) in [7, 11) is -0.468. The first-order chi connectivity index (χ1) is 28.8. The van der Waals surface area contributed by atoms with E-state index in [4.69, 9.17) is 14.0 Å². The van der Waals surface area contributed by atoms with Gasteiger partial charge in [-0.15, -0.1) is 0 Å². The quantitative estimate of drug-likeness (QED) is 0.0452. The van der Waals surface area contributed by atoms with Gasteiger partial charge in [0.05, 0.1) is 0 Å². The van der Waals surface area contributed by atoms with Crippen LogP contribution in [-0.2, 0) is 14.0 Å². The molecular weight excluding hydrogens is 707 g/mol. The lowest BCUT2D eigenvalue weighted by molar-refractivity contribution is 0.0885. The predicted molar refractivity (Wildman–Crippen MR) is 262 cm³/mol. The summed E-state index contributed by atoms with van der Waals surface area (Å²) in [6, 6.07) is 0. The highest BCUT2D eigenvalue weighted by atomic mass is 16.7. The zero-order valence-corrected chi connectivity index (χ0v) is 40.9. The summed E-state index contributed by atoms with van der Waals surface area (Å²) < 4.78 is 18.5. The molecule has 0 saturated carbocycles. The fraction of sp³-hybridized carbons (Fsp3) is 1.00. The molecule has 0 atom stereocenters. The van der Waals surface area contributed by atoms with Crippen LogP contribution in [0.2, 0.25) is 0 Å². The van der Waals surface area contributed by atoms with Crippen LogP contribution in [0, 0.1) is 0 Å². The predicted octanol–water partition coefficient (Wildman–Crippen LogP) is 19.8. The average molecular weight is 819 g/mol. The molecule has 0 fully saturated rings. The van der Waals surface area contributed by atoms with Gasteiger partial charge in [-0.05, 0) is 19.3 Å². The van der Waals surface area contributed by atoms with Gasteiger partial charge in [-0.1, -0.05) is 310 Å². The van der Waals surface area contributed by atoms with Crippen molar-refractivity contribution in [3.8, 4) is 0 Å². The fourth-order valence-electron chi connectivity index (χ4n) is 8.63. The van der Waals surface area contributed by atoms with Crippen molar-refractivity contribution in [3.63, 3.8) is 0 Å². The molecule has 0 saturated heterocycles. The summed E-state index contributed by atoms with van der Waals surface area (Å²) in [4.78, 5) is 0. The molecular formula is C54H111BO3. The minimum Gasteiger partial charge on any atom is -0.386 e. The summed E-state index contributed by atoms with van der Waals surface area (Å²) in [5.74, 6) is 0. The number of rotatable bonds is 54. The number of hydrogen-bond donors (Lipinski definition) is 0. The van der Waals surface area contributed by atoms with E-state index in [0.29, 0.717) is 0 Å². The maximum atomic E-state index is 6.17. The lowest BCUT2D eigenvalue weighted by atomic mass is 10.0. The van der Waals surface area contributed by atoms with Crippen LogP contribution in [0.5, 0.6) is 0 Å². The molecule has 4 heteroatoms. The van der Waals surface area contributed by atoms with E-state index in [0.717, 1.165) is 39.1 Å². The maximum absolute atomic E-state index is 6.17. The highest BCUT2D eigenvalue weighted by Gasteiger charge is 2.20. The largest absolute Gasteiger partial charge is 0.639 e. The Morgan fingerprint density at radius 1 is 0.172 bits per heavy atom. The lowest BCUT2D eigenvalue weighted by Gasteiger charge is -2.15. The number of unbranched alkanes of at least 4 members (excludes halogenated alkanes) is 45. The molecule has 0 aliphatic heterocycles. The zero-order chi connectivity index (χ0) is 41.8. The van der Waals surface area contributed by atoms with Crippen LogP contribution < -0.4 is 0 Å². The van der Waals surface area contributed by atoms with Gasteiger partial charge >= 0.3 is 7.32 Å². The molecule has 0 amide bonds. The van der Waals surface area contributed by atoms with Gasteiger partial charge in [0.25, 0.3) is 0 Å². The maximum Gasteiger partial charge on any atom is 0.639 e. The van der Waals surface area contributed by atoms with Crippen molar-refractivity contribution in [1.29, 1.82) is 0 Å². The van der Waals surface area contributed by atoms with E-state index in [-0.39, 0.29) is 0 Å². The molecule has 0 aliphatic rings. The molecule has 0 aliphatic carbocycles. The Kier molecular flexibility index (Phi) is 54.9. The van der Waals surface area contributed by atoms with Gasteiger partial charge in [-0.3, -0.25) is 0 Å². The Labute approximate surface area is 368 Å². The van der Waals surface area contributed by atoms with Gasteiger partial charge in [0, 0.05) is 19.8 Å². The minimum absolute atomic E-state index is 0.468. The molecule has 0 aromatic rings. The second-order valence-corrected chi connectivity index (χ2v) is 18.8. The monoisotopic (exact) mass is 819 g/mol. The third-order valence-electron chi connectivity index (χ3n) is 12.8. The van der Waals surface area contributed by atoms with Crippen molar-refractivity contribution in [2.24, 2.45) is 0 Å². The van der Waals surface area contributed by atoms with Crippen LogP contribution in [0.1, 0.15) is 329 Å². The summed E-state index contributed by atoms with van der Waals surface area (Å²) in [6.07, 6.45) is 67.1. The Morgan fingerprint density at radius 3 is 0.431 bits per heavy atom. The molecule has 3 nitrogen and oxygen atoms in total. The molecule has 0 heterocycles. The highest BCUT2D eigenvalue weighted by molar-refractivity contribution is 6.36. The van der Waals surface area contributed by atoms with Crippen LogP contribution in [0.25, 0.3) is 0 Å². The third kappa shape index (κ3) is 52.1. The second-order valence-electron chi connectivity index (χ2n) is 18.8. The zero-order valence-electron chi connectivity index (χ0n) is 40.9. The Bertz CT molecular complexity index is 599. The van der Waals surface area contributed by atoms with Gasteiger partial charge in [0.2, 0.25) is 0 Å². The molecule has 0 N–H and O–H groups in total. The molecule has 0 radical (unpaired) electrons. The normalized spacial score (nSPS) is 11.6. The molecule has 0 rings (SSSR count). The first-order valence-electron chi connectivity index (χ1n) is 27.7. The Balaban J connectivity index is 3.95. The van der Waals surface area contributed by atoms with Crippen LogP contribution in [0.4, 0.5) is 0 Å². The molecule has 0 spiro atoms. The van der Waals surface area contributed by atoms with Gasteiger partial charge in [-0.25, -0.2) is 0 Å². The van der Waals surface area contributed by atoms with Gasteiger partial charge in [-0.2, -0.15) is 0 Å². The SMILES string of the molecule is CCCCCCCCCCCCCCCCCCOB(OCCCCCCCCCCCCCCCCCC)OCCCCCCCCCCCCCCCCCC. The average Bonchev–Trinajstić information content (AvgIpc) is 3.23. The van der Waals surface area contributed by atoms with E-state index in [2.05, 4.69) is 20.8 Å². The summed E-state index contributed by atoms with van der Waals surface area (Å²) >= 11 is 0. The molecule has 348 valence electrons. The second kappa shape index (κ2) is 55.0. The van der Waals surface area contributed by atoms with Crippen molar-refractivity contribution in [2.45, 2.75) is 329 Å². The highest BCUT2D eigenvalue weighted by Crippen LogP contribution is 2.17. The molecule has 0 unspecified atom stereocenters. The lowest BCUT2D eigenvalue weighted by Crippen LogP contribution is -2.28. The van der Waals surface area contributed by atoms with Gasteiger partial charge < -0.3 is 14.0 Å². The van der Waals surface area contributed by atoms with Crippen molar-refractivity contribution in [3.05, 3.63) is 0 Å². The van der Waals surface area contributed by atoms with E-state index in [1.54, 1.807) is 0 Å². The van der Waals surface area contributed by atoms with E-state index in [1.165, 1.54) is 289 Å². The van der Waals surface area contributed by atoms with E-state index >= 15 is 0 Å². The minimum atomic E-state index is -0.468. The van der Waals surface area contributed by atoms with Crippen LogP contribution in [0.3, 0.4) is 0 Å². The van der Waals surface area contributed by atoms with Crippen LogP contribution in [0.15, 0.2) is 0 Å². The van der Waals surface area contributed by atoms with Crippen molar-refractivity contribution in [2.75, 3.05) is 19.8 Å². The molecule has 0 aromatic carbocycles. The molecule has 0 bridgehead atoms. The van der Waals surface area contributed by atoms with Crippen LogP contribution >= 0.6 is 0 Å². The van der Waals surface area contributed by atoms with Crippen molar-refractivity contribution >= 4 is 7.32 Å². The fourth-order valence-corrected chi connectivity index (χ4v) is 8.63. The van der Waals surface area contributed by atoms with Crippen LogP contribution in [-0.4, -0.2) is 27.1 Å². The van der Waals surface area contributed by atoms with Gasteiger partial charge in [0.1, 0.15) is 0 Å². The van der Waals surface area contributed by atoms with E-state index in [1.807, 2.05) is 0 Å². The molecule has 0 aromatic heterocycles. The third-order valence-corrected chi connectivity index (χ3v) is 12.8. The van der Waals surface area contributed by atoms with E-state index < -0.39 is 7.32 Å². The summed E-state index contributed by atoms with van der Waals surface area (Å²) in [5, 5.41) is 0. The first-order valence-corrected chi connectivity index (χ1v) is 27.7. The van der Waals surface area contributed by atoms with Crippen molar-refractivity contribution < 1.29 is 14.0 Å². The Hall–Kier alpha value is -0.0551. The van der Waals surface area contributed by atoms with E-state index in [9.17, 15) is 0 Å². The number of hydrogen-bond acceptors (Lipinski definition) is 3. The smallest absolute Gasteiger partial charge is 0.386 e. The van der Waals surface area contributed by atoms with Gasteiger partial charge in [0.15, 0.2) is 0 Å². The van der Waals surface area contributed by atoms with Crippen molar-refractivity contribution in [1.82, 2.24) is 0 Å². The summed E-state index contributed by atoms with van der Waals surface area (Å²) in [6.45, 7) is 9.21. The Morgan fingerprint density at radius 2 is 0.293 bits per heavy atom. The first kappa shape index (κ1) is 57.9. The standard InChI is InChI=1S/C54H111BO3/c1-4-7-10-13-16-19-22-25-28-31-34-37-40-43-46-49-52-56-55(57-53-50-47-44-41-38-35-32-29-26-23-20-17-14-11-8-5-2)58-54-51-48-45-42-39-36-33-30-27-24-21-18-15-12-9-6-3/h4-54H2,1-3H3.